The SMILES string of the molecule is CCOc1ccc(-n2c(SCC(=O)N/N=C\c3ccccc3Cl)nnc2-c2ccccc2)cc1. The normalized spacial score (nSPS) is 11.0. The van der Waals surface area contributed by atoms with Gasteiger partial charge in [0.15, 0.2) is 11.0 Å². The van der Waals surface area contributed by atoms with Crippen molar-refractivity contribution < 1.29 is 9.53 Å². The van der Waals surface area contributed by atoms with Crippen LogP contribution in [0.5, 0.6) is 5.75 Å². The van der Waals surface area contributed by atoms with Gasteiger partial charge in [-0.2, -0.15) is 5.10 Å². The van der Waals surface area contributed by atoms with Crippen LogP contribution in [-0.4, -0.2) is 39.2 Å². The van der Waals surface area contributed by atoms with Crippen molar-refractivity contribution in [3.05, 3.63) is 89.4 Å². The summed E-state index contributed by atoms with van der Waals surface area (Å²) in [5.41, 5.74) is 5.04. The molecule has 0 unspecified atom stereocenters. The Labute approximate surface area is 206 Å². The molecule has 0 fully saturated rings. The molecule has 0 aliphatic carbocycles. The Morgan fingerprint density at radius 2 is 1.79 bits per heavy atom. The number of halogens is 1. The second kappa shape index (κ2) is 11.5. The van der Waals surface area contributed by atoms with Crippen molar-refractivity contribution in [1.82, 2.24) is 20.2 Å². The lowest BCUT2D eigenvalue weighted by Crippen LogP contribution is -2.20. The summed E-state index contributed by atoms with van der Waals surface area (Å²) in [6.07, 6.45) is 1.51. The largest absolute Gasteiger partial charge is 0.494 e. The van der Waals surface area contributed by atoms with Gasteiger partial charge in [-0.1, -0.05) is 71.9 Å². The van der Waals surface area contributed by atoms with Crippen molar-refractivity contribution in [2.45, 2.75) is 12.1 Å². The molecule has 172 valence electrons. The highest BCUT2D eigenvalue weighted by Crippen LogP contribution is 2.28. The summed E-state index contributed by atoms with van der Waals surface area (Å²) in [4.78, 5) is 12.4. The molecule has 0 radical (unpaired) electrons. The predicted molar refractivity (Wildman–Crippen MR) is 136 cm³/mol. The first-order valence-electron chi connectivity index (χ1n) is 10.6. The molecule has 0 aliphatic rings. The molecule has 7 nitrogen and oxygen atoms in total. The van der Waals surface area contributed by atoms with E-state index in [2.05, 4.69) is 20.7 Å². The number of nitrogens with zero attached hydrogens (tertiary/aromatic N) is 4. The second-order valence-corrected chi connectivity index (χ2v) is 8.39. The Balaban J connectivity index is 1.51. The van der Waals surface area contributed by atoms with Gasteiger partial charge in [0.2, 0.25) is 0 Å². The van der Waals surface area contributed by atoms with E-state index in [1.165, 1.54) is 18.0 Å². The topological polar surface area (TPSA) is 81.4 Å². The quantitative estimate of drug-likeness (QED) is 0.197. The monoisotopic (exact) mass is 491 g/mol. The van der Waals surface area contributed by atoms with Crippen molar-refractivity contribution >= 4 is 35.5 Å². The van der Waals surface area contributed by atoms with Gasteiger partial charge in [-0.25, -0.2) is 5.43 Å². The fourth-order valence-electron chi connectivity index (χ4n) is 3.14. The average molecular weight is 492 g/mol. The number of carbonyl (C=O) groups excluding carboxylic acids is 1. The molecule has 34 heavy (non-hydrogen) atoms. The third-order valence-corrected chi connectivity index (χ3v) is 5.97. The molecule has 4 rings (SSSR count). The van der Waals surface area contributed by atoms with E-state index in [0.29, 0.717) is 22.6 Å². The molecular weight excluding hydrogens is 470 g/mol. The number of thioether (sulfide) groups is 1. The Morgan fingerprint density at radius 1 is 1.06 bits per heavy atom. The molecule has 0 bridgehead atoms. The van der Waals surface area contributed by atoms with Crippen LogP contribution in [0, 0.1) is 0 Å². The zero-order valence-corrected chi connectivity index (χ0v) is 20.0. The number of ether oxygens (including phenoxy) is 1. The zero-order valence-electron chi connectivity index (χ0n) is 18.4. The maximum atomic E-state index is 12.4. The van der Waals surface area contributed by atoms with Crippen molar-refractivity contribution in [3.63, 3.8) is 0 Å². The summed E-state index contributed by atoms with van der Waals surface area (Å²) in [5, 5.41) is 13.9. The number of hydrogen-bond acceptors (Lipinski definition) is 6. The lowest BCUT2D eigenvalue weighted by molar-refractivity contribution is -0.118. The van der Waals surface area contributed by atoms with E-state index < -0.39 is 0 Å². The Kier molecular flexibility index (Phi) is 7.95. The Morgan fingerprint density at radius 3 is 2.53 bits per heavy atom. The first-order chi connectivity index (χ1) is 16.7. The van der Waals surface area contributed by atoms with Crippen LogP contribution in [0.15, 0.2) is 89.1 Å². The standard InChI is InChI=1S/C25H22ClN5O2S/c1-2-33-21-14-12-20(13-15-21)31-24(18-8-4-3-5-9-18)29-30-25(31)34-17-23(32)28-27-16-19-10-6-7-11-22(19)26/h3-16H,2,17H2,1H3,(H,28,32)/b27-16-. The third-order valence-electron chi connectivity index (χ3n) is 4.70. The van der Waals surface area contributed by atoms with Crippen LogP contribution in [0.2, 0.25) is 5.02 Å². The number of aromatic nitrogens is 3. The molecule has 1 heterocycles. The van der Waals surface area contributed by atoms with E-state index in [0.717, 1.165) is 22.6 Å². The summed E-state index contributed by atoms with van der Waals surface area (Å²) in [6.45, 7) is 2.54. The highest BCUT2D eigenvalue weighted by Gasteiger charge is 2.17. The Bertz CT molecular complexity index is 1280. The first kappa shape index (κ1) is 23.5. The molecule has 0 saturated carbocycles. The van der Waals surface area contributed by atoms with Gasteiger partial charge in [0.05, 0.1) is 18.6 Å². The molecule has 0 atom stereocenters. The van der Waals surface area contributed by atoms with Crippen LogP contribution >= 0.6 is 23.4 Å². The minimum atomic E-state index is -0.268. The molecule has 1 N–H and O–H groups in total. The molecular formula is C25H22ClN5O2S. The minimum Gasteiger partial charge on any atom is -0.494 e. The van der Waals surface area contributed by atoms with Crippen molar-refractivity contribution in [3.8, 4) is 22.8 Å². The number of rotatable bonds is 9. The summed E-state index contributed by atoms with van der Waals surface area (Å²) in [6, 6.07) is 24.7. The van der Waals surface area contributed by atoms with E-state index in [4.69, 9.17) is 16.3 Å². The number of hydrogen-bond donors (Lipinski definition) is 1. The van der Waals surface area contributed by atoms with E-state index in [1.54, 1.807) is 6.07 Å². The highest BCUT2D eigenvalue weighted by atomic mass is 35.5. The van der Waals surface area contributed by atoms with Gasteiger partial charge in [0.25, 0.3) is 5.91 Å². The van der Waals surface area contributed by atoms with E-state index in [1.807, 2.05) is 84.3 Å². The highest BCUT2D eigenvalue weighted by molar-refractivity contribution is 7.99. The fourth-order valence-corrected chi connectivity index (χ4v) is 4.07. The van der Waals surface area contributed by atoms with Gasteiger partial charge in [-0.3, -0.25) is 9.36 Å². The summed E-state index contributed by atoms with van der Waals surface area (Å²) < 4.78 is 7.49. The van der Waals surface area contributed by atoms with Gasteiger partial charge < -0.3 is 4.74 Å². The van der Waals surface area contributed by atoms with Gasteiger partial charge in [0, 0.05) is 21.8 Å². The molecule has 1 amide bonds. The molecule has 0 saturated heterocycles. The number of nitrogens with one attached hydrogen (secondary N) is 1. The lowest BCUT2D eigenvalue weighted by atomic mass is 10.2. The van der Waals surface area contributed by atoms with Gasteiger partial charge in [0.1, 0.15) is 5.75 Å². The second-order valence-electron chi connectivity index (χ2n) is 7.04. The maximum Gasteiger partial charge on any atom is 0.250 e. The van der Waals surface area contributed by atoms with Crippen LogP contribution < -0.4 is 10.2 Å². The van der Waals surface area contributed by atoms with Gasteiger partial charge in [-0.05, 0) is 37.3 Å². The van der Waals surface area contributed by atoms with Crippen LogP contribution in [0.4, 0.5) is 0 Å². The van der Waals surface area contributed by atoms with E-state index >= 15 is 0 Å². The first-order valence-corrected chi connectivity index (χ1v) is 12.0. The third kappa shape index (κ3) is 5.84. The molecule has 0 spiro atoms. The number of benzene rings is 3. The number of amides is 1. The maximum absolute atomic E-state index is 12.4. The van der Waals surface area contributed by atoms with Crippen LogP contribution in [0.25, 0.3) is 17.1 Å². The lowest BCUT2D eigenvalue weighted by Gasteiger charge is -2.11. The van der Waals surface area contributed by atoms with Gasteiger partial charge >= 0.3 is 0 Å². The van der Waals surface area contributed by atoms with Crippen molar-refractivity contribution in [1.29, 1.82) is 0 Å². The van der Waals surface area contributed by atoms with E-state index in [-0.39, 0.29) is 11.7 Å². The van der Waals surface area contributed by atoms with Crippen LogP contribution in [-0.2, 0) is 4.79 Å². The van der Waals surface area contributed by atoms with E-state index in [9.17, 15) is 4.79 Å². The average Bonchev–Trinajstić information content (AvgIpc) is 3.29. The van der Waals surface area contributed by atoms with Crippen molar-refractivity contribution in [2.75, 3.05) is 12.4 Å². The molecule has 3 aromatic carbocycles. The summed E-state index contributed by atoms with van der Waals surface area (Å²) in [7, 11) is 0. The Hall–Kier alpha value is -3.62. The zero-order chi connectivity index (χ0) is 23.8. The number of carbonyl (C=O) groups is 1. The smallest absolute Gasteiger partial charge is 0.250 e. The summed E-state index contributed by atoms with van der Waals surface area (Å²) >= 11 is 7.38. The summed E-state index contributed by atoms with van der Waals surface area (Å²) in [5.74, 6) is 1.31. The predicted octanol–water partition coefficient (Wildman–Crippen LogP) is 5.23. The molecule has 4 aromatic rings. The minimum absolute atomic E-state index is 0.115. The molecule has 9 heteroatoms. The van der Waals surface area contributed by atoms with Gasteiger partial charge in [-0.15, -0.1) is 10.2 Å². The number of hydrazone groups is 1. The van der Waals surface area contributed by atoms with Crippen LogP contribution in [0.3, 0.4) is 0 Å². The van der Waals surface area contributed by atoms with Crippen molar-refractivity contribution in [2.24, 2.45) is 5.10 Å². The van der Waals surface area contributed by atoms with Crippen LogP contribution in [0.1, 0.15) is 12.5 Å². The molecule has 1 aromatic heterocycles. The fraction of sp³-hybridized carbons (Fsp3) is 0.120. The molecule has 0 aliphatic heterocycles.